The van der Waals surface area contributed by atoms with E-state index < -0.39 is 0 Å². The maximum Gasteiger partial charge on any atom is 0.211 e. The molecular weight excluding hydrogens is 396 g/mol. The van der Waals surface area contributed by atoms with Crippen LogP contribution in [0.25, 0.3) is 39.2 Å². The average Bonchev–Trinajstić information content (AvgIpc) is 3.39. The molecule has 4 heterocycles. The third kappa shape index (κ3) is 3.28. The molecule has 5 aromatic rings. The molecule has 32 heavy (non-hydrogen) atoms. The van der Waals surface area contributed by atoms with Gasteiger partial charge in [-0.25, -0.2) is 0 Å². The molecule has 1 fully saturated rings. The zero-order valence-corrected chi connectivity index (χ0v) is 18.3. The van der Waals surface area contributed by atoms with E-state index in [9.17, 15) is 0 Å². The fourth-order valence-corrected chi connectivity index (χ4v) is 4.30. The Kier molecular flexibility index (Phi) is 4.38. The molecule has 0 radical (unpaired) electrons. The summed E-state index contributed by atoms with van der Waals surface area (Å²) in [6.07, 6.45) is 12.5. The summed E-state index contributed by atoms with van der Waals surface area (Å²) in [7, 11) is 0. The summed E-state index contributed by atoms with van der Waals surface area (Å²) in [5, 5.41) is 8.51. The van der Waals surface area contributed by atoms with Gasteiger partial charge in [0.25, 0.3) is 0 Å². The summed E-state index contributed by atoms with van der Waals surface area (Å²) in [6, 6.07) is 18.0. The van der Waals surface area contributed by atoms with E-state index in [-0.39, 0.29) is 0 Å². The van der Waals surface area contributed by atoms with Crippen LogP contribution in [0.4, 0.5) is 0 Å². The van der Waals surface area contributed by atoms with Gasteiger partial charge in [-0.2, -0.15) is 4.57 Å². The summed E-state index contributed by atoms with van der Waals surface area (Å²) in [6.45, 7) is 4.39. The molecule has 1 saturated carbocycles. The minimum atomic E-state index is 0.403. The van der Waals surface area contributed by atoms with E-state index in [4.69, 9.17) is 0 Å². The number of rotatable bonds is 5. The quantitative estimate of drug-likeness (QED) is 0.369. The predicted octanol–water partition coefficient (Wildman–Crippen LogP) is 5.15. The van der Waals surface area contributed by atoms with Gasteiger partial charge < -0.3 is 9.13 Å². The van der Waals surface area contributed by atoms with Crippen LogP contribution in [0.15, 0.2) is 79.6 Å². The van der Waals surface area contributed by atoms with Crippen LogP contribution in [0, 0.1) is 0 Å². The largest absolute Gasteiger partial charge is 0.344 e. The molecule has 0 amide bonds. The van der Waals surface area contributed by atoms with Crippen molar-refractivity contribution >= 4 is 11.0 Å². The molecule has 0 N–H and O–H groups in total. The minimum absolute atomic E-state index is 0.403. The third-order valence-corrected chi connectivity index (χ3v) is 6.20. The summed E-state index contributed by atoms with van der Waals surface area (Å²) in [5.41, 5.74) is 6.66. The SMILES string of the molecule is CC(C)n1ccc2ncc(-c3cc[n+](-c4cccc(-c5nncn5C5CC5)c4)cc3)cc21. The van der Waals surface area contributed by atoms with Crippen LogP contribution in [-0.2, 0) is 0 Å². The maximum atomic E-state index is 4.67. The van der Waals surface area contributed by atoms with Crippen LogP contribution in [-0.4, -0.2) is 24.3 Å². The molecule has 1 aromatic carbocycles. The van der Waals surface area contributed by atoms with E-state index in [1.807, 2.05) is 12.5 Å². The zero-order chi connectivity index (χ0) is 21.7. The van der Waals surface area contributed by atoms with Gasteiger partial charge in [-0.05, 0) is 44.4 Å². The van der Waals surface area contributed by atoms with Gasteiger partial charge in [-0.3, -0.25) is 4.98 Å². The standard InChI is InChI=1S/C26H25N6/c1-18(2)31-13-10-24-25(31)15-21(16-27-24)19-8-11-30(12-9-19)23-5-3-4-20(14-23)26-29-28-17-32(26)22-6-7-22/h3-5,8-18,22H,6-7H2,1-2H3/q+1. The summed E-state index contributed by atoms with van der Waals surface area (Å²) >= 11 is 0. The van der Waals surface area contributed by atoms with Crippen molar-refractivity contribution in [2.24, 2.45) is 0 Å². The van der Waals surface area contributed by atoms with Gasteiger partial charge in [0.15, 0.2) is 18.2 Å². The number of aromatic nitrogens is 6. The first-order valence-corrected chi connectivity index (χ1v) is 11.2. The zero-order valence-electron chi connectivity index (χ0n) is 18.3. The minimum Gasteiger partial charge on any atom is -0.344 e. The van der Waals surface area contributed by atoms with Gasteiger partial charge >= 0.3 is 0 Å². The molecule has 6 rings (SSSR count). The van der Waals surface area contributed by atoms with Crippen LogP contribution >= 0.6 is 0 Å². The first-order valence-electron chi connectivity index (χ1n) is 11.2. The van der Waals surface area contributed by atoms with Crippen LogP contribution in [0.3, 0.4) is 0 Å². The fraction of sp³-hybridized carbons (Fsp3) is 0.231. The van der Waals surface area contributed by atoms with Gasteiger partial charge in [0.1, 0.15) is 6.33 Å². The lowest BCUT2D eigenvalue weighted by Crippen LogP contribution is -2.29. The highest BCUT2D eigenvalue weighted by Crippen LogP contribution is 2.37. The number of fused-ring (bicyclic) bond motifs is 1. The van der Waals surface area contributed by atoms with E-state index in [0.717, 1.165) is 33.7 Å². The average molecular weight is 422 g/mol. The molecule has 4 aromatic heterocycles. The molecule has 0 saturated heterocycles. The highest BCUT2D eigenvalue weighted by atomic mass is 15.3. The van der Waals surface area contributed by atoms with Crippen LogP contribution < -0.4 is 4.57 Å². The molecule has 0 aliphatic heterocycles. The lowest BCUT2D eigenvalue weighted by atomic mass is 10.1. The normalized spacial score (nSPS) is 13.8. The Morgan fingerprint density at radius 2 is 1.81 bits per heavy atom. The number of hydrogen-bond acceptors (Lipinski definition) is 3. The summed E-state index contributed by atoms with van der Waals surface area (Å²) in [5.74, 6) is 0.944. The fourth-order valence-electron chi connectivity index (χ4n) is 4.30. The van der Waals surface area contributed by atoms with Crippen molar-refractivity contribution in [3.63, 3.8) is 0 Å². The molecular formula is C26H25N6+. The number of benzene rings is 1. The van der Waals surface area contributed by atoms with Crippen molar-refractivity contribution in [1.29, 1.82) is 0 Å². The third-order valence-electron chi connectivity index (χ3n) is 6.20. The highest BCUT2D eigenvalue weighted by molar-refractivity contribution is 5.81. The molecule has 158 valence electrons. The van der Waals surface area contributed by atoms with E-state index >= 15 is 0 Å². The lowest BCUT2D eigenvalue weighted by molar-refractivity contribution is -0.595. The Hall–Kier alpha value is -3.80. The molecule has 0 atom stereocenters. The summed E-state index contributed by atoms with van der Waals surface area (Å²) in [4.78, 5) is 4.67. The smallest absolute Gasteiger partial charge is 0.211 e. The second kappa shape index (κ2) is 7.41. The number of pyridine rings is 2. The monoisotopic (exact) mass is 421 g/mol. The van der Waals surface area contributed by atoms with Crippen LogP contribution in [0.2, 0.25) is 0 Å². The first kappa shape index (κ1) is 18.9. The highest BCUT2D eigenvalue weighted by Gasteiger charge is 2.26. The van der Waals surface area contributed by atoms with Crippen molar-refractivity contribution in [2.75, 3.05) is 0 Å². The van der Waals surface area contributed by atoms with Crippen molar-refractivity contribution in [1.82, 2.24) is 24.3 Å². The van der Waals surface area contributed by atoms with Gasteiger partial charge in [-0.1, -0.05) is 12.1 Å². The molecule has 1 aliphatic rings. The Labute approximate surface area is 186 Å². The van der Waals surface area contributed by atoms with Crippen LogP contribution in [0.1, 0.15) is 38.8 Å². The Bertz CT molecular complexity index is 1410. The maximum absolute atomic E-state index is 4.67. The molecule has 0 spiro atoms. The van der Waals surface area contributed by atoms with E-state index in [1.165, 1.54) is 18.4 Å². The Balaban J connectivity index is 1.32. The van der Waals surface area contributed by atoms with Crippen molar-refractivity contribution in [2.45, 2.75) is 38.8 Å². The second-order valence-electron chi connectivity index (χ2n) is 8.78. The van der Waals surface area contributed by atoms with Crippen LogP contribution in [0.5, 0.6) is 0 Å². The van der Waals surface area contributed by atoms with E-state index in [2.05, 4.69) is 110 Å². The van der Waals surface area contributed by atoms with E-state index in [1.54, 1.807) is 0 Å². The van der Waals surface area contributed by atoms with Gasteiger partial charge in [0, 0.05) is 59.9 Å². The lowest BCUT2D eigenvalue weighted by Gasteiger charge is -2.10. The molecule has 1 aliphatic carbocycles. The van der Waals surface area contributed by atoms with Crippen molar-refractivity contribution < 1.29 is 4.57 Å². The summed E-state index contributed by atoms with van der Waals surface area (Å²) < 4.78 is 6.59. The Morgan fingerprint density at radius 1 is 0.969 bits per heavy atom. The van der Waals surface area contributed by atoms with Gasteiger partial charge in [0.2, 0.25) is 5.69 Å². The number of hydrogen-bond donors (Lipinski definition) is 0. The topological polar surface area (TPSA) is 52.4 Å². The predicted molar refractivity (Wildman–Crippen MR) is 124 cm³/mol. The Morgan fingerprint density at radius 3 is 2.59 bits per heavy atom. The molecule has 6 nitrogen and oxygen atoms in total. The van der Waals surface area contributed by atoms with Gasteiger partial charge in [-0.15, -0.1) is 10.2 Å². The molecule has 6 heteroatoms. The van der Waals surface area contributed by atoms with Crippen molar-refractivity contribution in [3.05, 3.63) is 79.6 Å². The number of nitrogens with zero attached hydrogens (tertiary/aromatic N) is 6. The molecule has 0 bridgehead atoms. The van der Waals surface area contributed by atoms with Crippen molar-refractivity contribution in [3.8, 4) is 28.2 Å². The van der Waals surface area contributed by atoms with E-state index in [0.29, 0.717) is 12.1 Å². The molecule has 0 unspecified atom stereocenters. The van der Waals surface area contributed by atoms with Gasteiger partial charge in [0.05, 0.1) is 11.0 Å². The first-order chi connectivity index (χ1) is 15.7. The second-order valence-corrected chi connectivity index (χ2v) is 8.78.